The molecule has 0 aliphatic rings. The normalized spacial score (nSPS) is 12.8. The van der Waals surface area contributed by atoms with E-state index in [1.165, 1.54) is 7.05 Å². The molecule has 0 saturated carbocycles. The Kier molecular flexibility index (Phi) is 4.66. The van der Waals surface area contributed by atoms with Crippen molar-refractivity contribution < 1.29 is 9.53 Å². The van der Waals surface area contributed by atoms with Crippen molar-refractivity contribution in [3.8, 4) is 0 Å². The zero-order chi connectivity index (χ0) is 8.85. The van der Waals surface area contributed by atoms with Crippen LogP contribution in [-0.4, -0.2) is 19.2 Å². The molecule has 3 heteroatoms. The lowest BCUT2D eigenvalue weighted by atomic mass is 10.1. The van der Waals surface area contributed by atoms with E-state index in [4.69, 9.17) is 4.74 Å². The van der Waals surface area contributed by atoms with Crippen molar-refractivity contribution in [2.75, 3.05) is 7.05 Å². The van der Waals surface area contributed by atoms with E-state index in [2.05, 4.69) is 19.2 Å². The molecule has 1 amide bonds. The van der Waals surface area contributed by atoms with Crippen molar-refractivity contribution in [2.24, 2.45) is 5.92 Å². The van der Waals surface area contributed by atoms with Crippen LogP contribution in [0.1, 0.15) is 27.2 Å². The lowest BCUT2D eigenvalue weighted by Gasteiger charge is -2.13. The van der Waals surface area contributed by atoms with Crippen LogP contribution < -0.4 is 5.32 Å². The summed E-state index contributed by atoms with van der Waals surface area (Å²) in [6.07, 6.45) is 0.394. The highest BCUT2D eigenvalue weighted by Gasteiger charge is 2.09. The van der Waals surface area contributed by atoms with Crippen LogP contribution in [0.4, 0.5) is 4.79 Å². The van der Waals surface area contributed by atoms with Gasteiger partial charge in [-0.3, -0.25) is 0 Å². The summed E-state index contributed by atoms with van der Waals surface area (Å²) in [7, 11) is 1.43. The second-order valence-electron chi connectivity index (χ2n) is 3.05. The standard InChI is InChI=1S/C8H16NO2/c1-6(2)5-7(3)11-8(10)9-4/h6-7H,5H2,1-4H3. The predicted molar refractivity (Wildman–Crippen MR) is 43.5 cm³/mol. The van der Waals surface area contributed by atoms with Crippen molar-refractivity contribution in [3.63, 3.8) is 0 Å². The van der Waals surface area contributed by atoms with Crippen LogP contribution in [0.25, 0.3) is 0 Å². The Labute approximate surface area is 68.1 Å². The van der Waals surface area contributed by atoms with Crippen LogP contribution in [0.2, 0.25) is 0 Å². The van der Waals surface area contributed by atoms with Gasteiger partial charge in [0.15, 0.2) is 0 Å². The van der Waals surface area contributed by atoms with Gasteiger partial charge in [0.05, 0.1) is 0 Å². The summed E-state index contributed by atoms with van der Waals surface area (Å²) in [4.78, 5) is 10.6. The Hall–Kier alpha value is -0.730. The predicted octanol–water partition coefficient (Wildman–Crippen LogP) is 1.79. The largest absolute Gasteiger partial charge is 0.445 e. The van der Waals surface area contributed by atoms with Crippen molar-refractivity contribution in [3.05, 3.63) is 0 Å². The number of amides is 1. The monoisotopic (exact) mass is 158 g/mol. The van der Waals surface area contributed by atoms with E-state index in [-0.39, 0.29) is 6.10 Å². The minimum Gasteiger partial charge on any atom is -0.445 e. The van der Waals surface area contributed by atoms with Gasteiger partial charge >= 0.3 is 6.09 Å². The van der Waals surface area contributed by atoms with Crippen LogP contribution in [-0.2, 0) is 4.74 Å². The van der Waals surface area contributed by atoms with E-state index in [1.807, 2.05) is 6.92 Å². The van der Waals surface area contributed by atoms with Crippen LogP contribution in [0.5, 0.6) is 0 Å². The smallest absolute Gasteiger partial charge is 0.428 e. The third-order valence-electron chi connectivity index (χ3n) is 1.29. The Morgan fingerprint density at radius 1 is 1.45 bits per heavy atom. The number of carbonyl (C=O) groups is 1. The second kappa shape index (κ2) is 4.99. The van der Waals surface area contributed by atoms with Gasteiger partial charge < -0.3 is 4.74 Å². The highest BCUT2D eigenvalue weighted by Crippen LogP contribution is 2.07. The molecule has 11 heavy (non-hydrogen) atoms. The highest BCUT2D eigenvalue weighted by molar-refractivity contribution is 5.66. The molecule has 0 aliphatic heterocycles. The number of carbonyl (C=O) groups excluding carboxylic acids is 1. The summed E-state index contributed by atoms with van der Waals surface area (Å²) in [6, 6.07) is 0. The van der Waals surface area contributed by atoms with E-state index in [0.29, 0.717) is 5.92 Å². The van der Waals surface area contributed by atoms with E-state index in [0.717, 1.165) is 6.42 Å². The lowest BCUT2D eigenvalue weighted by molar-refractivity contribution is 0.0964. The molecule has 0 aliphatic carbocycles. The summed E-state index contributed by atoms with van der Waals surface area (Å²) in [5.41, 5.74) is 0. The molecule has 0 aromatic carbocycles. The minimum absolute atomic E-state index is 0.0220. The summed E-state index contributed by atoms with van der Waals surface area (Å²) in [5, 5.41) is 3.37. The minimum atomic E-state index is -0.474. The third-order valence-corrected chi connectivity index (χ3v) is 1.29. The molecule has 0 saturated heterocycles. The average molecular weight is 158 g/mol. The Bertz CT molecular complexity index is 123. The van der Waals surface area contributed by atoms with Gasteiger partial charge in [-0.15, -0.1) is 0 Å². The van der Waals surface area contributed by atoms with E-state index >= 15 is 0 Å². The summed E-state index contributed by atoms with van der Waals surface area (Å²) in [5.74, 6) is 0.551. The topological polar surface area (TPSA) is 40.4 Å². The highest BCUT2D eigenvalue weighted by atomic mass is 16.6. The van der Waals surface area contributed by atoms with Gasteiger partial charge in [0.1, 0.15) is 6.10 Å². The summed E-state index contributed by atoms with van der Waals surface area (Å²) >= 11 is 0. The molecule has 0 N–H and O–H groups in total. The van der Waals surface area contributed by atoms with Crippen LogP contribution in [0.3, 0.4) is 0 Å². The number of hydrogen-bond donors (Lipinski definition) is 0. The molecule has 1 atom stereocenters. The molecule has 3 nitrogen and oxygen atoms in total. The van der Waals surface area contributed by atoms with Gasteiger partial charge in [-0.2, -0.15) is 0 Å². The van der Waals surface area contributed by atoms with Gasteiger partial charge in [0, 0.05) is 7.05 Å². The second-order valence-corrected chi connectivity index (χ2v) is 3.05. The summed E-state index contributed by atoms with van der Waals surface area (Å²) < 4.78 is 4.90. The molecule has 0 fully saturated rings. The maximum Gasteiger partial charge on any atom is 0.428 e. The number of rotatable bonds is 3. The molecular weight excluding hydrogens is 142 g/mol. The number of ether oxygens (including phenoxy) is 1. The Balaban J connectivity index is 3.51. The fourth-order valence-corrected chi connectivity index (χ4v) is 0.937. The quantitative estimate of drug-likeness (QED) is 0.628. The first-order valence-corrected chi connectivity index (χ1v) is 3.86. The fourth-order valence-electron chi connectivity index (χ4n) is 0.937. The zero-order valence-electron chi connectivity index (χ0n) is 7.63. The third kappa shape index (κ3) is 5.70. The molecule has 1 unspecified atom stereocenters. The zero-order valence-corrected chi connectivity index (χ0v) is 7.63. The molecule has 65 valence electrons. The maximum absolute atomic E-state index is 10.6. The Morgan fingerprint density at radius 3 is 2.36 bits per heavy atom. The van der Waals surface area contributed by atoms with Gasteiger partial charge in [0.2, 0.25) is 0 Å². The van der Waals surface area contributed by atoms with Gasteiger partial charge in [-0.05, 0) is 19.3 Å². The van der Waals surface area contributed by atoms with Crippen molar-refractivity contribution in [1.29, 1.82) is 0 Å². The molecular formula is C8H16NO2. The average Bonchev–Trinajstić information content (AvgIpc) is 1.85. The molecule has 0 aromatic heterocycles. The number of nitrogens with zero attached hydrogens (tertiary/aromatic N) is 1. The number of hydrogen-bond acceptors (Lipinski definition) is 2. The maximum atomic E-state index is 10.6. The molecule has 0 bridgehead atoms. The lowest BCUT2D eigenvalue weighted by Crippen LogP contribution is -2.20. The van der Waals surface area contributed by atoms with Gasteiger partial charge in [-0.25, -0.2) is 10.1 Å². The van der Waals surface area contributed by atoms with Crippen LogP contribution in [0.15, 0.2) is 0 Å². The molecule has 0 aromatic rings. The van der Waals surface area contributed by atoms with Crippen molar-refractivity contribution in [1.82, 2.24) is 5.32 Å². The van der Waals surface area contributed by atoms with Gasteiger partial charge in [-0.1, -0.05) is 13.8 Å². The van der Waals surface area contributed by atoms with E-state index in [1.54, 1.807) is 0 Å². The molecule has 0 heterocycles. The fraction of sp³-hybridized carbons (Fsp3) is 0.875. The first-order valence-electron chi connectivity index (χ1n) is 3.86. The molecule has 0 rings (SSSR count). The van der Waals surface area contributed by atoms with Crippen molar-refractivity contribution in [2.45, 2.75) is 33.3 Å². The van der Waals surface area contributed by atoms with Crippen LogP contribution >= 0.6 is 0 Å². The van der Waals surface area contributed by atoms with Crippen molar-refractivity contribution >= 4 is 6.09 Å². The van der Waals surface area contributed by atoms with Gasteiger partial charge in [0.25, 0.3) is 0 Å². The SMILES string of the molecule is C[N]C(=O)OC(C)CC(C)C. The van der Waals surface area contributed by atoms with E-state index < -0.39 is 6.09 Å². The summed E-state index contributed by atoms with van der Waals surface area (Å²) in [6.45, 7) is 6.06. The van der Waals surface area contributed by atoms with Crippen LogP contribution in [0, 0.1) is 5.92 Å². The molecule has 0 spiro atoms. The molecule has 1 radical (unpaired) electrons. The first kappa shape index (κ1) is 10.3. The Morgan fingerprint density at radius 2 is 2.00 bits per heavy atom. The first-order chi connectivity index (χ1) is 5.06. The van der Waals surface area contributed by atoms with E-state index in [9.17, 15) is 4.79 Å².